The molecule has 0 aromatic heterocycles. The summed E-state index contributed by atoms with van der Waals surface area (Å²) in [6.45, 7) is 0. The van der Waals surface area contributed by atoms with E-state index in [1.165, 1.54) is 0 Å². The van der Waals surface area contributed by atoms with Gasteiger partial charge in [0.15, 0.2) is 0 Å². The van der Waals surface area contributed by atoms with Crippen LogP contribution in [0.1, 0.15) is 6.42 Å². The predicted octanol–water partition coefficient (Wildman–Crippen LogP) is -1.43. The van der Waals surface area contributed by atoms with Gasteiger partial charge in [0.05, 0.1) is 6.04 Å². The first-order chi connectivity index (χ1) is 4.54. The molecular formula is C5H12N2O2S. The van der Waals surface area contributed by atoms with Crippen molar-refractivity contribution in [2.45, 2.75) is 12.5 Å². The molecule has 0 unspecified atom stereocenters. The van der Waals surface area contributed by atoms with Gasteiger partial charge in [-0.25, -0.2) is 0 Å². The standard InChI is InChI=1S/C5H12N2O2S/c1-10(9)3-2-4(6)5(7)8/h4H,2-3,6H2,1H3,(H2,7,8)/t4-,10+/m0/s1. The number of amides is 1. The molecule has 0 spiro atoms. The lowest BCUT2D eigenvalue weighted by molar-refractivity contribution is -0.119. The Morgan fingerprint density at radius 2 is 2.20 bits per heavy atom. The van der Waals surface area contributed by atoms with Crippen molar-refractivity contribution in [3.63, 3.8) is 0 Å². The van der Waals surface area contributed by atoms with Gasteiger partial charge in [0, 0.05) is 22.8 Å². The van der Waals surface area contributed by atoms with Crippen molar-refractivity contribution in [3.05, 3.63) is 0 Å². The molecule has 5 heteroatoms. The van der Waals surface area contributed by atoms with E-state index in [0.717, 1.165) is 0 Å². The van der Waals surface area contributed by atoms with Crippen LogP contribution in [0.25, 0.3) is 0 Å². The lowest BCUT2D eigenvalue weighted by Crippen LogP contribution is -2.37. The topological polar surface area (TPSA) is 86.2 Å². The van der Waals surface area contributed by atoms with Crippen molar-refractivity contribution < 1.29 is 9.00 Å². The van der Waals surface area contributed by atoms with E-state index < -0.39 is 22.7 Å². The predicted molar refractivity (Wildman–Crippen MR) is 40.7 cm³/mol. The monoisotopic (exact) mass is 164 g/mol. The maximum Gasteiger partial charge on any atom is 0.234 e. The SMILES string of the molecule is C[S@@](=O)CC[C@H](N)C(N)=O. The minimum Gasteiger partial charge on any atom is -0.368 e. The highest BCUT2D eigenvalue weighted by Crippen LogP contribution is 1.88. The Bertz CT molecular complexity index is 149. The molecular weight excluding hydrogens is 152 g/mol. The Kier molecular flexibility index (Phi) is 4.22. The van der Waals surface area contributed by atoms with E-state index in [1.807, 2.05) is 0 Å². The Morgan fingerprint density at radius 1 is 1.70 bits per heavy atom. The summed E-state index contributed by atoms with van der Waals surface area (Å²) in [7, 11) is -0.890. The number of carbonyl (C=O) groups is 1. The van der Waals surface area contributed by atoms with Gasteiger partial charge in [-0.3, -0.25) is 9.00 Å². The van der Waals surface area contributed by atoms with Crippen LogP contribution >= 0.6 is 0 Å². The molecule has 0 aliphatic rings. The van der Waals surface area contributed by atoms with Gasteiger partial charge in [-0.2, -0.15) is 0 Å². The quantitative estimate of drug-likeness (QED) is 0.534. The average Bonchev–Trinajstić information content (AvgIpc) is 1.82. The van der Waals surface area contributed by atoms with Gasteiger partial charge in [0.1, 0.15) is 0 Å². The molecule has 0 rings (SSSR count). The van der Waals surface area contributed by atoms with Gasteiger partial charge in [-0.05, 0) is 6.42 Å². The van der Waals surface area contributed by atoms with Gasteiger partial charge in [-0.1, -0.05) is 0 Å². The van der Waals surface area contributed by atoms with Crippen LogP contribution in [0.2, 0.25) is 0 Å². The molecule has 1 amide bonds. The molecule has 0 aliphatic carbocycles. The molecule has 0 saturated heterocycles. The van der Waals surface area contributed by atoms with Crippen LogP contribution in [0.3, 0.4) is 0 Å². The summed E-state index contributed by atoms with van der Waals surface area (Å²) in [6, 6.07) is -0.649. The summed E-state index contributed by atoms with van der Waals surface area (Å²) in [5.74, 6) is -0.102. The molecule has 4 nitrogen and oxygen atoms in total. The van der Waals surface area contributed by atoms with Crippen LogP contribution < -0.4 is 11.5 Å². The first-order valence-corrected chi connectivity index (χ1v) is 4.61. The Balaban J connectivity index is 3.49. The van der Waals surface area contributed by atoms with E-state index >= 15 is 0 Å². The molecule has 2 atom stereocenters. The maximum absolute atomic E-state index is 10.5. The third-order valence-corrected chi connectivity index (χ3v) is 1.89. The fourth-order valence-electron chi connectivity index (χ4n) is 0.435. The number of rotatable bonds is 4. The normalized spacial score (nSPS) is 16.2. The second kappa shape index (κ2) is 4.40. The molecule has 0 saturated carbocycles. The maximum atomic E-state index is 10.5. The van der Waals surface area contributed by atoms with Crippen molar-refractivity contribution >= 4 is 16.7 Å². The summed E-state index contributed by atoms with van der Waals surface area (Å²) in [5, 5.41) is 0. The zero-order chi connectivity index (χ0) is 8.15. The molecule has 4 N–H and O–H groups in total. The summed E-state index contributed by atoms with van der Waals surface area (Å²) in [4.78, 5) is 10.3. The summed E-state index contributed by atoms with van der Waals surface area (Å²) < 4.78 is 10.5. The van der Waals surface area contributed by atoms with Gasteiger partial charge < -0.3 is 11.5 Å². The highest BCUT2D eigenvalue weighted by atomic mass is 32.2. The first-order valence-electron chi connectivity index (χ1n) is 2.89. The second-order valence-corrected chi connectivity index (χ2v) is 3.63. The highest BCUT2D eigenvalue weighted by Gasteiger charge is 2.08. The molecule has 0 bridgehead atoms. The largest absolute Gasteiger partial charge is 0.368 e. The van der Waals surface area contributed by atoms with Gasteiger partial charge in [0.25, 0.3) is 0 Å². The number of carbonyl (C=O) groups excluding carboxylic acids is 1. The van der Waals surface area contributed by atoms with Crippen molar-refractivity contribution in [3.8, 4) is 0 Å². The van der Waals surface area contributed by atoms with Crippen LogP contribution in [0.15, 0.2) is 0 Å². The molecule has 0 aliphatic heterocycles. The fourth-order valence-corrected chi connectivity index (χ4v) is 1.02. The number of hydrogen-bond acceptors (Lipinski definition) is 3. The summed E-state index contributed by atoms with van der Waals surface area (Å²) >= 11 is 0. The third-order valence-electron chi connectivity index (χ3n) is 1.08. The van der Waals surface area contributed by atoms with E-state index in [2.05, 4.69) is 0 Å². The van der Waals surface area contributed by atoms with E-state index in [9.17, 15) is 9.00 Å². The Hall–Kier alpha value is -0.420. The Labute approximate surface area is 62.4 Å². The van der Waals surface area contributed by atoms with E-state index in [-0.39, 0.29) is 0 Å². The first kappa shape index (κ1) is 9.58. The third kappa shape index (κ3) is 4.46. The van der Waals surface area contributed by atoms with Crippen molar-refractivity contribution in [2.75, 3.05) is 12.0 Å². The Morgan fingerprint density at radius 3 is 2.50 bits per heavy atom. The minimum absolute atomic E-state index is 0.401. The number of hydrogen-bond donors (Lipinski definition) is 2. The average molecular weight is 164 g/mol. The van der Waals surface area contributed by atoms with E-state index in [0.29, 0.717) is 12.2 Å². The molecule has 0 aromatic carbocycles. The summed E-state index contributed by atoms with van der Waals surface area (Å²) in [5.41, 5.74) is 10.1. The van der Waals surface area contributed by atoms with Gasteiger partial charge in [-0.15, -0.1) is 0 Å². The molecule has 0 heterocycles. The van der Waals surface area contributed by atoms with E-state index in [1.54, 1.807) is 6.26 Å². The molecule has 0 radical (unpaired) electrons. The molecule has 60 valence electrons. The molecule has 10 heavy (non-hydrogen) atoms. The summed E-state index contributed by atoms with van der Waals surface area (Å²) in [6.07, 6.45) is 1.96. The van der Waals surface area contributed by atoms with Crippen molar-refractivity contribution in [1.29, 1.82) is 0 Å². The van der Waals surface area contributed by atoms with Crippen LogP contribution in [0.4, 0.5) is 0 Å². The van der Waals surface area contributed by atoms with Gasteiger partial charge >= 0.3 is 0 Å². The highest BCUT2D eigenvalue weighted by molar-refractivity contribution is 7.84. The van der Waals surface area contributed by atoms with Crippen LogP contribution in [0.5, 0.6) is 0 Å². The van der Waals surface area contributed by atoms with Crippen LogP contribution in [-0.4, -0.2) is 28.2 Å². The zero-order valence-corrected chi connectivity index (χ0v) is 6.69. The fraction of sp³-hybridized carbons (Fsp3) is 0.800. The lowest BCUT2D eigenvalue weighted by atomic mass is 10.2. The zero-order valence-electron chi connectivity index (χ0n) is 5.87. The van der Waals surface area contributed by atoms with Crippen LogP contribution in [0, 0.1) is 0 Å². The van der Waals surface area contributed by atoms with Gasteiger partial charge in [0.2, 0.25) is 5.91 Å². The molecule has 0 aromatic rings. The number of nitrogens with two attached hydrogens (primary N) is 2. The van der Waals surface area contributed by atoms with Crippen molar-refractivity contribution in [2.24, 2.45) is 11.5 Å². The van der Waals surface area contributed by atoms with E-state index in [4.69, 9.17) is 11.5 Å². The second-order valence-electron chi connectivity index (χ2n) is 2.07. The van der Waals surface area contributed by atoms with Crippen LogP contribution in [-0.2, 0) is 15.6 Å². The lowest BCUT2D eigenvalue weighted by Gasteiger charge is -2.03. The van der Waals surface area contributed by atoms with Crippen molar-refractivity contribution in [1.82, 2.24) is 0 Å². The smallest absolute Gasteiger partial charge is 0.234 e. The minimum atomic E-state index is -0.890. The number of primary amides is 1. The molecule has 0 fully saturated rings.